The summed E-state index contributed by atoms with van der Waals surface area (Å²) in [7, 11) is 0. The van der Waals surface area contributed by atoms with Crippen LogP contribution < -0.4 is 9.64 Å². The van der Waals surface area contributed by atoms with E-state index >= 15 is 0 Å². The molecule has 3 aromatic carbocycles. The number of hydrogen-bond acceptors (Lipinski definition) is 4. The fraction of sp³-hybridized carbons (Fsp3) is 0.308. The van der Waals surface area contributed by atoms with E-state index in [4.69, 9.17) is 9.47 Å². The zero-order chi connectivity index (χ0) is 30.8. The predicted octanol–water partition coefficient (Wildman–Crippen LogP) is 8.96. The van der Waals surface area contributed by atoms with Crippen molar-refractivity contribution in [2.75, 3.05) is 24.6 Å². The summed E-state index contributed by atoms with van der Waals surface area (Å²) in [6, 6.07) is 29.1. The highest BCUT2D eigenvalue weighted by Crippen LogP contribution is 2.55. The number of esters is 1. The maximum absolute atomic E-state index is 13.9. The quantitative estimate of drug-likeness (QED) is 0.114. The molecule has 5 heteroatoms. The van der Waals surface area contributed by atoms with E-state index in [2.05, 4.69) is 105 Å². The molecule has 5 nitrogen and oxygen atoms in total. The molecule has 1 atom stereocenters. The SMILES string of the molecule is CCCCOc1cc(N(CC)CC)ccc1C1(c2c(-c3ccccc3)c(C)n3cc(CC)ccc23)OC(=O)c2ccccc21. The lowest BCUT2D eigenvalue weighted by molar-refractivity contribution is 0.0249. The zero-order valence-corrected chi connectivity index (χ0v) is 26.5. The highest BCUT2D eigenvalue weighted by molar-refractivity contribution is 5.98. The van der Waals surface area contributed by atoms with Gasteiger partial charge in [0.25, 0.3) is 0 Å². The van der Waals surface area contributed by atoms with E-state index in [1.165, 1.54) is 5.56 Å². The summed E-state index contributed by atoms with van der Waals surface area (Å²) in [5, 5.41) is 0. The van der Waals surface area contributed by atoms with E-state index in [9.17, 15) is 4.79 Å². The molecule has 1 unspecified atom stereocenters. The van der Waals surface area contributed by atoms with Crippen LogP contribution in [0.2, 0.25) is 0 Å². The van der Waals surface area contributed by atoms with Gasteiger partial charge in [-0.3, -0.25) is 0 Å². The molecule has 1 aliphatic heterocycles. The Balaban J connectivity index is 1.75. The number of cyclic esters (lactones) is 1. The van der Waals surface area contributed by atoms with Gasteiger partial charge in [-0.1, -0.05) is 74.9 Å². The lowest BCUT2D eigenvalue weighted by Crippen LogP contribution is -2.31. The average molecular weight is 587 g/mol. The number of aromatic nitrogens is 1. The Morgan fingerprint density at radius 1 is 0.864 bits per heavy atom. The van der Waals surface area contributed by atoms with Crippen molar-refractivity contribution in [2.24, 2.45) is 0 Å². The third-order valence-electron chi connectivity index (χ3n) is 9.06. The zero-order valence-electron chi connectivity index (χ0n) is 26.5. The second-order valence-electron chi connectivity index (χ2n) is 11.5. The van der Waals surface area contributed by atoms with Gasteiger partial charge in [0.05, 0.1) is 17.7 Å². The third-order valence-corrected chi connectivity index (χ3v) is 9.06. The normalized spacial score (nSPS) is 15.8. The summed E-state index contributed by atoms with van der Waals surface area (Å²) in [5.41, 5.74) is 8.58. The van der Waals surface area contributed by atoms with Crippen LogP contribution in [-0.2, 0) is 16.8 Å². The van der Waals surface area contributed by atoms with Crippen LogP contribution in [0.4, 0.5) is 5.69 Å². The van der Waals surface area contributed by atoms with Gasteiger partial charge in [-0.15, -0.1) is 0 Å². The van der Waals surface area contributed by atoms with Gasteiger partial charge >= 0.3 is 5.97 Å². The number of benzene rings is 3. The van der Waals surface area contributed by atoms with Crippen molar-refractivity contribution in [1.29, 1.82) is 0 Å². The maximum atomic E-state index is 13.9. The number of ether oxygens (including phenoxy) is 2. The summed E-state index contributed by atoms with van der Waals surface area (Å²) >= 11 is 0. The number of nitrogens with zero attached hydrogens (tertiary/aromatic N) is 2. The molecule has 226 valence electrons. The Morgan fingerprint density at radius 3 is 2.34 bits per heavy atom. The molecule has 44 heavy (non-hydrogen) atoms. The summed E-state index contributed by atoms with van der Waals surface area (Å²) in [5.74, 6) is 0.419. The van der Waals surface area contributed by atoms with Gasteiger partial charge < -0.3 is 18.8 Å². The van der Waals surface area contributed by atoms with Gasteiger partial charge in [0, 0.05) is 59.0 Å². The van der Waals surface area contributed by atoms with Crippen LogP contribution in [0.3, 0.4) is 0 Å². The summed E-state index contributed by atoms with van der Waals surface area (Å²) in [6.45, 7) is 13.2. The summed E-state index contributed by atoms with van der Waals surface area (Å²) in [4.78, 5) is 16.2. The molecule has 6 rings (SSSR count). The third kappa shape index (κ3) is 4.75. The Bertz CT molecular complexity index is 1800. The van der Waals surface area contributed by atoms with Crippen LogP contribution in [0.25, 0.3) is 16.6 Å². The summed E-state index contributed by atoms with van der Waals surface area (Å²) in [6.07, 6.45) is 5.10. The first-order valence-corrected chi connectivity index (χ1v) is 16.0. The van der Waals surface area contributed by atoms with E-state index in [1.54, 1.807) is 0 Å². The standard InChI is InChI=1S/C39H42N2O3/c1-6-10-24-43-35-25-30(40(8-3)9-4)21-22-33(35)39(32-19-15-14-18-31(32)38(42)44-39)37-34-23-20-28(7-2)26-41(34)27(5)36(37)29-16-12-11-13-17-29/h11-23,25-26H,6-10,24H2,1-5H3. The van der Waals surface area contributed by atoms with Gasteiger partial charge in [-0.2, -0.15) is 0 Å². The Morgan fingerprint density at radius 2 is 1.61 bits per heavy atom. The molecule has 0 N–H and O–H groups in total. The molecule has 0 spiro atoms. The van der Waals surface area contributed by atoms with Crippen LogP contribution in [0.5, 0.6) is 5.75 Å². The second kappa shape index (κ2) is 12.2. The molecule has 0 fully saturated rings. The van der Waals surface area contributed by atoms with Crippen LogP contribution in [0.15, 0.2) is 91.1 Å². The molecule has 0 saturated heterocycles. The van der Waals surface area contributed by atoms with Gasteiger partial charge in [0.15, 0.2) is 5.60 Å². The molecule has 2 aromatic heterocycles. The molecule has 0 amide bonds. The highest BCUT2D eigenvalue weighted by Gasteiger charge is 2.53. The molecule has 0 radical (unpaired) electrons. The van der Waals surface area contributed by atoms with Crippen molar-refractivity contribution in [3.63, 3.8) is 0 Å². The minimum absolute atomic E-state index is 0.325. The first-order valence-electron chi connectivity index (χ1n) is 16.0. The average Bonchev–Trinajstić information content (AvgIpc) is 3.53. The van der Waals surface area contributed by atoms with Crippen molar-refractivity contribution < 1.29 is 14.3 Å². The van der Waals surface area contributed by atoms with Crippen LogP contribution in [-0.4, -0.2) is 30.1 Å². The first kappa shape index (κ1) is 29.6. The van der Waals surface area contributed by atoms with E-state index < -0.39 is 5.60 Å². The number of fused-ring (bicyclic) bond motifs is 2. The van der Waals surface area contributed by atoms with Gasteiger partial charge in [0.1, 0.15) is 5.75 Å². The molecule has 5 aromatic rings. The predicted molar refractivity (Wildman–Crippen MR) is 179 cm³/mol. The molecular formula is C39H42N2O3. The first-order chi connectivity index (χ1) is 21.5. The lowest BCUT2D eigenvalue weighted by Gasteiger charge is -2.33. The topological polar surface area (TPSA) is 43.2 Å². The number of aryl methyl sites for hydroxylation is 2. The van der Waals surface area contributed by atoms with Gasteiger partial charge in [-0.05, 0) is 69.0 Å². The van der Waals surface area contributed by atoms with E-state index in [1.807, 2.05) is 30.3 Å². The van der Waals surface area contributed by atoms with Gasteiger partial charge in [0.2, 0.25) is 0 Å². The van der Waals surface area contributed by atoms with E-state index in [0.717, 1.165) is 82.8 Å². The molecular weight excluding hydrogens is 544 g/mol. The number of hydrogen-bond donors (Lipinski definition) is 0. The smallest absolute Gasteiger partial charge is 0.340 e. The van der Waals surface area contributed by atoms with Crippen molar-refractivity contribution in [3.8, 4) is 16.9 Å². The largest absolute Gasteiger partial charge is 0.493 e. The maximum Gasteiger partial charge on any atom is 0.340 e. The fourth-order valence-corrected chi connectivity index (χ4v) is 6.75. The lowest BCUT2D eigenvalue weighted by atomic mass is 9.76. The number of carbonyl (C=O) groups is 1. The van der Waals surface area contributed by atoms with Gasteiger partial charge in [-0.25, -0.2) is 4.79 Å². The van der Waals surface area contributed by atoms with Crippen LogP contribution >= 0.6 is 0 Å². The van der Waals surface area contributed by atoms with Crippen molar-refractivity contribution >= 4 is 17.2 Å². The Labute approximate surface area is 261 Å². The minimum Gasteiger partial charge on any atom is -0.493 e. The molecule has 0 bridgehead atoms. The van der Waals surface area contributed by atoms with E-state index in [0.29, 0.717) is 12.2 Å². The monoisotopic (exact) mass is 586 g/mol. The number of carbonyl (C=O) groups excluding carboxylic acids is 1. The van der Waals surface area contributed by atoms with Crippen LogP contribution in [0.1, 0.15) is 78.8 Å². The van der Waals surface area contributed by atoms with Crippen molar-refractivity contribution in [1.82, 2.24) is 4.40 Å². The Kier molecular flexibility index (Phi) is 8.22. The number of pyridine rings is 1. The van der Waals surface area contributed by atoms with Crippen LogP contribution in [0, 0.1) is 6.92 Å². The fourth-order valence-electron chi connectivity index (χ4n) is 6.75. The number of anilines is 1. The molecule has 0 aliphatic carbocycles. The molecule has 0 saturated carbocycles. The van der Waals surface area contributed by atoms with Crippen molar-refractivity contribution in [2.45, 2.75) is 59.5 Å². The Hall–Kier alpha value is -4.51. The second-order valence-corrected chi connectivity index (χ2v) is 11.5. The molecule has 1 aliphatic rings. The van der Waals surface area contributed by atoms with Crippen molar-refractivity contribution in [3.05, 3.63) is 125 Å². The van der Waals surface area contributed by atoms with E-state index in [-0.39, 0.29) is 5.97 Å². The number of rotatable bonds is 11. The highest BCUT2D eigenvalue weighted by atomic mass is 16.6. The molecule has 3 heterocycles. The summed E-state index contributed by atoms with van der Waals surface area (Å²) < 4.78 is 15.7. The number of unbranched alkanes of at least 4 members (excludes halogenated alkanes) is 1. The minimum atomic E-state index is -1.23.